The van der Waals surface area contributed by atoms with Crippen LogP contribution in [0.4, 0.5) is 10.1 Å². The van der Waals surface area contributed by atoms with Gasteiger partial charge in [0.15, 0.2) is 23.1 Å². The van der Waals surface area contributed by atoms with E-state index < -0.39 is 5.82 Å². The van der Waals surface area contributed by atoms with Crippen molar-refractivity contribution in [2.24, 2.45) is 17.8 Å². The quantitative estimate of drug-likeness (QED) is 0.184. The predicted octanol–water partition coefficient (Wildman–Crippen LogP) is 6.09. The second kappa shape index (κ2) is 14.4. The number of likely N-dealkylation sites (tertiary alicyclic amines) is 1. The van der Waals surface area contributed by atoms with Gasteiger partial charge in [-0.05, 0) is 61.4 Å². The van der Waals surface area contributed by atoms with Crippen LogP contribution in [0.25, 0.3) is 10.9 Å². The van der Waals surface area contributed by atoms with E-state index >= 15 is 0 Å². The molecular weight excluding hydrogens is 581 g/mol. The van der Waals surface area contributed by atoms with E-state index in [0.29, 0.717) is 58.8 Å². The third-order valence-corrected chi connectivity index (χ3v) is 8.37. The highest BCUT2D eigenvalue weighted by molar-refractivity contribution is 8.17. The van der Waals surface area contributed by atoms with Crippen LogP contribution in [0.1, 0.15) is 18.4 Å². The number of fused-ring (bicyclic) bond motifs is 2. The number of halogens is 1. The van der Waals surface area contributed by atoms with Gasteiger partial charge < -0.3 is 24.8 Å². The van der Waals surface area contributed by atoms with Gasteiger partial charge in [-0.1, -0.05) is 30.3 Å². The number of thiocyanates is 1. The summed E-state index contributed by atoms with van der Waals surface area (Å²) in [6, 6.07) is 17.2. The number of benzene rings is 3. The van der Waals surface area contributed by atoms with Crippen LogP contribution in [0.3, 0.4) is 0 Å². The first-order valence-corrected chi connectivity index (χ1v) is 15.1. The largest absolute Gasteiger partial charge is 0.493 e. The van der Waals surface area contributed by atoms with Crippen LogP contribution in [0.2, 0.25) is 0 Å². The Bertz CT molecular complexity index is 1640. The summed E-state index contributed by atoms with van der Waals surface area (Å²) in [5.74, 6) is 3.03. The number of nitrogens with two attached hydrogens (primary N) is 1. The highest BCUT2D eigenvalue weighted by Gasteiger charge is 2.39. The number of rotatable bonds is 8. The van der Waals surface area contributed by atoms with Crippen LogP contribution in [0.15, 0.2) is 67.0 Å². The molecule has 2 heterocycles. The highest BCUT2D eigenvalue weighted by atomic mass is 32.2. The Morgan fingerprint density at radius 3 is 2.50 bits per heavy atom. The molecule has 1 saturated carbocycles. The van der Waals surface area contributed by atoms with Gasteiger partial charge in [-0.2, -0.15) is 5.26 Å². The number of ether oxygens (including phenoxy) is 3. The lowest BCUT2D eigenvalue weighted by molar-refractivity contribution is -0.110. The van der Waals surface area contributed by atoms with Crippen molar-refractivity contribution >= 4 is 33.5 Å². The number of nitriles is 1. The molecule has 0 radical (unpaired) electrons. The molecule has 44 heavy (non-hydrogen) atoms. The molecule has 4 aromatic rings. The van der Waals surface area contributed by atoms with Crippen LogP contribution in [-0.4, -0.2) is 53.8 Å². The zero-order valence-corrected chi connectivity index (χ0v) is 25.4. The number of anilines is 1. The van der Waals surface area contributed by atoms with Gasteiger partial charge in [0.05, 0.1) is 24.6 Å². The van der Waals surface area contributed by atoms with Crippen molar-refractivity contribution < 1.29 is 23.4 Å². The molecule has 1 aromatic heterocycles. The van der Waals surface area contributed by atoms with Gasteiger partial charge in [-0.25, -0.2) is 14.4 Å². The number of thioether (sulfide) groups is 1. The van der Waals surface area contributed by atoms with E-state index in [1.54, 1.807) is 24.6 Å². The first-order valence-electron chi connectivity index (χ1n) is 14.3. The maximum Gasteiger partial charge on any atom is 0.230 e. The second-order valence-corrected chi connectivity index (χ2v) is 12.0. The summed E-state index contributed by atoms with van der Waals surface area (Å²) in [6.45, 7) is 3.03. The first kappa shape index (κ1) is 31.0. The van der Waals surface area contributed by atoms with Crippen molar-refractivity contribution in [3.05, 3.63) is 78.4 Å². The Hall–Kier alpha value is -4.40. The summed E-state index contributed by atoms with van der Waals surface area (Å²) in [7, 11) is 3.79. The summed E-state index contributed by atoms with van der Waals surface area (Å²) in [5, 5.41) is 10.5. The topological polar surface area (TPSA) is 124 Å². The molecule has 2 fully saturated rings. The normalized spacial score (nSPS) is 19.0. The summed E-state index contributed by atoms with van der Waals surface area (Å²) in [4.78, 5) is 21.9. The van der Waals surface area contributed by atoms with Gasteiger partial charge in [0.1, 0.15) is 11.7 Å². The number of nitrogen functional groups attached to an aromatic ring is 1. The minimum absolute atomic E-state index is 0.0379. The molecule has 1 aliphatic heterocycles. The van der Waals surface area contributed by atoms with Crippen molar-refractivity contribution in [2.45, 2.75) is 19.3 Å². The third-order valence-electron chi connectivity index (χ3n) is 7.90. The van der Waals surface area contributed by atoms with Crippen molar-refractivity contribution in [1.29, 1.82) is 5.26 Å². The fourth-order valence-electron chi connectivity index (χ4n) is 5.95. The molecule has 2 atom stereocenters. The highest BCUT2D eigenvalue weighted by Crippen LogP contribution is 2.42. The molecule has 1 aliphatic carbocycles. The molecule has 1 saturated heterocycles. The van der Waals surface area contributed by atoms with Crippen molar-refractivity contribution in [1.82, 2.24) is 14.9 Å². The molecular formula is C33H34FN5O4S. The second-order valence-electron chi connectivity index (χ2n) is 11.1. The van der Waals surface area contributed by atoms with E-state index in [1.165, 1.54) is 44.4 Å². The molecule has 6 rings (SSSR count). The zero-order chi connectivity index (χ0) is 31.1. The van der Waals surface area contributed by atoms with Crippen LogP contribution < -0.4 is 19.9 Å². The van der Waals surface area contributed by atoms with Gasteiger partial charge in [0, 0.05) is 49.1 Å². The van der Waals surface area contributed by atoms with E-state index in [2.05, 4.69) is 21.9 Å². The standard InChI is InChI=1S/C24H27FN4O3.C9H7NOS/c1-29-10-15-5-14(6-16(15)11-29)12-31-23-9-20-18(8-22(23)30-2)24(28-13-27-20)32-21-4-3-17(26)7-19(21)25;10-7-12-9(11)6-8-4-2-1-3-5-8/h3-4,7-9,13-16H,5-6,10-12,26H2,1-2H3;1-5H,6H2. The van der Waals surface area contributed by atoms with Gasteiger partial charge in [-0.3, -0.25) is 4.79 Å². The fraction of sp³-hybridized carbons (Fsp3) is 0.333. The maximum atomic E-state index is 14.2. The average molecular weight is 616 g/mol. The molecule has 9 nitrogen and oxygen atoms in total. The van der Waals surface area contributed by atoms with E-state index in [9.17, 15) is 9.18 Å². The van der Waals surface area contributed by atoms with Crippen LogP contribution in [-0.2, 0) is 11.2 Å². The summed E-state index contributed by atoms with van der Waals surface area (Å²) in [6.07, 6.45) is 4.13. The van der Waals surface area contributed by atoms with Crippen molar-refractivity contribution in [3.63, 3.8) is 0 Å². The van der Waals surface area contributed by atoms with Gasteiger partial charge in [0.2, 0.25) is 11.0 Å². The number of carbonyl (C=O) groups is 1. The van der Waals surface area contributed by atoms with Crippen LogP contribution >= 0.6 is 11.8 Å². The van der Waals surface area contributed by atoms with Crippen LogP contribution in [0.5, 0.6) is 23.1 Å². The zero-order valence-electron chi connectivity index (χ0n) is 24.6. The van der Waals surface area contributed by atoms with E-state index in [-0.39, 0.29) is 16.7 Å². The monoisotopic (exact) mass is 615 g/mol. The van der Waals surface area contributed by atoms with Gasteiger partial charge >= 0.3 is 0 Å². The first-order chi connectivity index (χ1) is 21.3. The molecule has 3 aromatic carbocycles. The molecule has 2 aliphatic rings. The van der Waals surface area contributed by atoms with Crippen LogP contribution in [0, 0.1) is 34.2 Å². The summed E-state index contributed by atoms with van der Waals surface area (Å²) in [5.41, 5.74) is 7.52. The lowest BCUT2D eigenvalue weighted by atomic mass is 10.0. The number of methoxy groups -OCH3 is 1. The predicted molar refractivity (Wildman–Crippen MR) is 168 cm³/mol. The Balaban J connectivity index is 0.000000270. The maximum absolute atomic E-state index is 14.2. The summed E-state index contributed by atoms with van der Waals surface area (Å²) < 4.78 is 31.7. The molecule has 2 unspecified atom stereocenters. The molecule has 228 valence electrons. The average Bonchev–Trinajstić information content (AvgIpc) is 3.55. The van der Waals surface area contributed by atoms with E-state index in [0.717, 1.165) is 17.4 Å². The SMILES string of the molecule is COc1cc2c(Oc3ccc(N)cc3F)ncnc2cc1OCC1CC2CN(C)CC2C1.N#CSC(=O)Cc1ccccc1. The molecule has 0 spiro atoms. The molecule has 11 heteroatoms. The Morgan fingerprint density at radius 1 is 1.07 bits per heavy atom. The number of nitrogens with zero attached hydrogens (tertiary/aromatic N) is 4. The minimum atomic E-state index is -0.559. The number of hydrogen-bond acceptors (Lipinski definition) is 10. The van der Waals surface area contributed by atoms with Crippen molar-refractivity contribution in [3.8, 4) is 28.5 Å². The molecule has 2 N–H and O–H groups in total. The molecule has 0 bridgehead atoms. The Kier molecular flexibility index (Phi) is 10.1. The van der Waals surface area contributed by atoms with Crippen molar-refractivity contribution in [2.75, 3.05) is 39.6 Å². The Morgan fingerprint density at radius 2 is 1.82 bits per heavy atom. The van der Waals surface area contributed by atoms with Gasteiger partial charge in [-0.15, -0.1) is 0 Å². The van der Waals surface area contributed by atoms with Gasteiger partial charge in [0.25, 0.3) is 0 Å². The third kappa shape index (κ3) is 7.75. The fourth-order valence-corrected chi connectivity index (χ4v) is 6.29. The number of aromatic nitrogens is 2. The Labute approximate surface area is 260 Å². The summed E-state index contributed by atoms with van der Waals surface area (Å²) >= 11 is 0.693. The number of hydrogen-bond donors (Lipinski definition) is 1. The lowest BCUT2D eigenvalue weighted by Crippen LogP contribution is -2.18. The molecule has 0 amide bonds. The van der Waals surface area contributed by atoms with E-state index in [4.69, 9.17) is 25.2 Å². The number of carbonyl (C=O) groups excluding carboxylic acids is 1. The lowest BCUT2D eigenvalue weighted by Gasteiger charge is -2.17. The van der Waals surface area contributed by atoms with E-state index in [1.807, 2.05) is 36.4 Å². The smallest absolute Gasteiger partial charge is 0.230 e. The minimum Gasteiger partial charge on any atom is -0.493 e.